The van der Waals surface area contributed by atoms with Crippen LogP contribution in [0.25, 0.3) is 0 Å². The molecule has 1 saturated heterocycles. The van der Waals surface area contributed by atoms with Gasteiger partial charge < -0.3 is 9.84 Å². The Morgan fingerprint density at radius 3 is 2.50 bits per heavy atom. The maximum Gasteiger partial charge on any atom is 0.165 e. The third kappa shape index (κ3) is 3.03. The third-order valence-electron chi connectivity index (χ3n) is 0.822. The van der Waals surface area contributed by atoms with E-state index in [1.165, 1.54) is 0 Å². The molecule has 2 unspecified atom stereocenters. The minimum Gasteiger partial charge on any atom is -0.367 e. The zero-order valence-corrected chi connectivity index (χ0v) is 10.3. The SMILES string of the molecule is CC1OC(O)CS1.[Ac]. The van der Waals surface area contributed by atoms with E-state index < -0.39 is 6.29 Å². The van der Waals surface area contributed by atoms with Crippen molar-refractivity contribution in [1.82, 2.24) is 0 Å². The first kappa shape index (κ1) is 9.71. The van der Waals surface area contributed by atoms with Gasteiger partial charge in [0.05, 0.1) is 0 Å². The van der Waals surface area contributed by atoms with Gasteiger partial charge in [0, 0.05) is 49.8 Å². The maximum atomic E-state index is 8.66. The number of aliphatic hydroxyl groups excluding tert-OH is 1. The summed E-state index contributed by atoms with van der Waals surface area (Å²) in [6.45, 7) is 1.93. The summed E-state index contributed by atoms with van der Waals surface area (Å²) in [7, 11) is 0. The number of rotatable bonds is 0. The quantitative estimate of drug-likeness (QED) is 0.689. The first-order valence-electron chi connectivity index (χ1n) is 2.24. The van der Waals surface area contributed by atoms with Gasteiger partial charge in [0.1, 0.15) is 5.44 Å². The van der Waals surface area contributed by atoms with Crippen LogP contribution in [-0.2, 0) is 4.74 Å². The minimum absolute atomic E-state index is 0. The van der Waals surface area contributed by atoms with E-state index in [2.05, 4.69) is 0 Å². The van der Waals surface area contributed by atoms with E-state index in [0.717, 1.165) is 5.75 Å². The zero-order valence-electron chi connectivity index (χ0n) is 4.70. The Morgan fingerprint density at radius 2 is 2.38 bits per heavy atom. The molecule has 1 aliphatic heterocycles. The molecule has 0 aromatic rings. The van der Waals surface area contributed by atoms with Crippen LogP contribution in [0.4, 0.5) is 0 Å². The van der Waals surface area contributed by atoms with Crippen LogP contribution in [0.1, 0.15) is 6.92 Å². The monoisotopic (exact) mass is 347 g/mol. The van der Waals surface area contributed by atoms with Gasteiger partial charge in [-0.05, 0) is 6.92 Å². The van der Waals surface area contributed by atoms with E-state index in [1.807, 2.05) is 6.92 Å². The molecule has 0 spiro atoms. The number of hydrogen-bond acceptors (Lipinski definition) is 3. The molecule has 1 N–H and O–H groups in total. The zero-order chi connectivity index (χ0) is 5.28. The predicted octanol–water partition coefficient (Wildman–Crippen LogP) is 0.414. The predicted molar refractivity (Wildman–Crippen MR) is 29.0 cm³/mol. The molecule has 0 aromatic carbocycles. The molecule has 2 nitrogen and oxygen atoms in total. The summed E-state index contributed by atoms with van der Waals surface area (Å²) in [5.74, 6) is 0.723. The Morgan fingerprint density at radius 1 is 1.75 bits per heavy atom. The standard InChI is InChI=1S/C4H8O2S.Ac/c1-3-6-4(5)2-7-3;/h3-5H,2H2,1H3;. The second-order valence-corrected chi connectivity index (χ2v) is 2.82. The molecule has 2 atom stereocenters. The third-order valence-corrected chi connectivity index (χ3v) is 1.88. The molecule has 0 bridgehead atoms. The number of aliphatic hydroxyl groups is 1. The van der Waals surface area contributed by atoms with Crippen molar-refractivity contribution in [3.8, 4) is 0 Å². The summed E-state index contributed by atoms with van der Waals surface area (Å²) in [5, 5.41) is 8.66. The molecule has 1 heterocycles. The molecule has 0 amide bonds. The van der Waals surface area contributed by atoms with Crippen LogP contribution in [0.5, 0.6) is 0 Å². The molecule has 1 rings (SSSR count). The fraction of sp³-hybridized carbons (Fsp3) is 1.00. The summed E-state index contributed by atoms with van der Waals surface area (Å²) in [5.41, 5.74) is 0.190. The van der Waals surface area contributed by atoms with Gasteiger partial charge in [-0.1, -0.05) is 0 Å². The minimum atomic E-state index is -0.514. The van der Waals surface area contributed by atoms with Crippen LogP contribution in [-0.4, -0.2) is 22.6 Å². The summed E-state index contributed by atoms with van der Waals surface area (Å²) in [6, 6.07) is 0. The van der Waals surface area contributed by atoms with Gasteiger partial charge in [-0.3, -0.25) is 0 Å². The van der Waals surface area contributed by atoms with Gasteiger partial charge in [-0.15, -0.1) is 11.8 Å². The Bertz CT molecular complexity index is 63.1. The van der Waals surface area contributed by atoms with Crippen molar-refractivity contribution in [2.24, 2.45) is 0 Å². The second kappa shape index (κ2) is 4.52. The van der Waals surface area contributed by atoms with Crippen LogP contribution in [0.3, 0.4) is 0 Å². The molecular weight excluding hydrogens is 339 g/mol. The van der Waals surface area contributed by atoms with Crippen molar-refractivity contribution in [2.45, 2.75) is 18.6 Å². The Kier molecular flexibility index (Phi) is 5.48. The summed E-state index contributed by atoms with van der Waals surface area (Å²) < 4.78 is 4.88. The first-order valence-corrected chi connectivity index (χ1v) is 3.29. The van der Waals surface area contributed by atoms with Crippen molar-refractivity contribution < 1.29 is 53.9 Å². The molecule has 0 aliphatic carbocycles. The van der Waals surface area contributed by atoms with E-state index in [0.29, 0.717) is 0 Å². The van der Waals surface area contributed by atoms with Gasteiger partial charge in [0.15, 0.2) is 6.29 Å². The van der Waals surface area contributed by atoms with Crippen LogP contribution in [0.2, 0.25) is 0 Å². The molecule has 0 saturated carbocycles. The van der Waals surface area contributed by atoms with Gasteiger partial charge in [-0.2, -0.15) is 0 Å². The number of ether oxygens (including phenoxy) is 1. The average molecular weight is 347 g/mol. The second-order valence-electron chi connectivity index (χ2n) is 1.49. The van der Waals surface area contributed by atoms with Crippen LogP contribution in [0.15, 0.2) is 0 Å². The van der Waals surface area contributed by atoms with Gasteiger partial charge in [-0.25, -0.2) is 0 Å². The van der Waals surface area contributed by atoms with Gasteiger partial charge in [0.2, 0.25) is 0 Å². The number of thioether (sulfide) groups is 1. The average Bonchev–Trinajstić information content (AvgIpc) is 1.87. The summed E-state index contributed by atoms with van der Waals surface area (Å²) in [4.78, 5) is 0. The van der Waals surface area contributed by atoms with Gasteiger partial charge in [0.25, 0.3) is 0 Å². The smallest absolute Gasteiger partial charge is 0.165 e. The molecule has 1 radical (unpaired) electrons. The van der Waals surface area contributed by atoms with Crippen LogP contribution < -0.4 is 0 Å². The van der Waals surface area contributed by atoms with Gasteiger partial charge >= 0.3 is 0 Å². The summed E-state index contributed by atoms with van der Waals surface area (Å²) in [6.07, 6.45) is -0.514. The topological polar surface area (TPSA) is 29.5 Å². The largest absolute Gasteiger partial charge is 0.367 e. The molecule has 0 aromatic heterocycles. The molecule has 1 aliphatic rings. The van der Waals surface area contributed by atoms with E-state index in [9.17, 15) is 0 Å². The fourth-order valence-corrected chi connectivity index (χ4v) is 1.24. The summed E-state index contributed by atoms with van der Waals surface area (Å²) >= 11 is 1.63. The van der Waals surface area contributed by atoms with Crippen molar-refractivity contribution in [2.75, 3.05) is 5.75 Å². The molecule has 1 fully saturated rings. The van der Waals surface area contributed by atoms with E-state index in [4.69, 9.17) is 9.84 Å². The van der Waals surface area contributed by atoms with Crippen molar-refractivity contribution in [1.29, 1.82) is 0 Å². The Balaban J connectivity index is 0.000000490. The molecule has 8 heavy (non-hydrogen) atoms. The van der Waals surface area contributed by atoms with E-state index >= 15 is 0 Å². The Labute approximate surface area is 88.9 Å². The van der Waals surface area contributed by atoms with Crippen LogP contribution in [0, 0.1) is 44.1 Å². The van der Waals surface area contributed by atoms with Crippen molar-refractivity contribution in [3.63, 3.8) is 0 Å². The number of hydrogen-bond donors (Lipinski definition) is 1. The normalized spacial score (nSPS) is 36.8. The molecule has 4 heteroatoms. The van der Waals surface area contributed by atoms with Crippen LogP contribution >= 0.6 is 11.8 Å². The van der Waals surface area contributed by atoms with E-state index in [1.54, 1.807) is 11.8 Å². The maximum absolute atomic E-state index is 8.66. The van der Waals surface area contributed by atoms with E-state index in [-0.39, 0.29) is 49.5 Å². The molecular formula is C4H8AcO2S. The Hall–Kier alpha value is 1.71. The van der Waals surface area contributed by atoms with Crippen molar-refractivity contribution in [3.05, 3.63) is 0 Å². The van der Waals surface area contributed by atoms with Crippen molar-refractivity contribution >= 4 is 11.8 Å². The molecule has 45 valence electrons. The fourth-order valence-electron chi connectivity index (χ4n) is 0.518. The first-order chi connectivity index (χ1) is 3.29.